The summed E-state index contributed by atoms with van der Waals surface area (Å²) >= 11 is 0. The van der Waals surface area contributed by atoms with Crippen LogP contribution in [-0.2, 0) is 17.8 Å². The second-order valence-electron chi connectivity index (χ2n) is 4.53. The number of phenols is 1. The van der Waals surface area contributed by atoms with Crippen LogP contribution < -0.4 is 10.5 Å². The van der Waals surface area contributed by atoms with Gasteiger partial charge in [-0.1, -0.05) is 30.3 Å². The minimum atomic E-state index is -0.349. The molecular formula is C16H17NO3. The van der Waals surface area contributed by atoms with E-state index in [1.807, 2.05) is 18.2 Å². The van der Waals surface area contributed by atoms with Crippen molar-refractivity contribution in [3.8, 4) is 11.5 Å². The van der Waals surface area contributed by atoms with Gasteiger partial charge in [0.15, 0.2) is 0 Å². The van der Waals surface area contributed by atoms with Crippen molar-refractivity contribution >= 4 is 5.91 Å². The molecule has 2 bridgehead atoms. The molecule has 2 aliphatic heterocycles. The number of amides is 1. The first-order chi connectivity index (χ1) is 9.65. The lowest BCUT2D eigenvalue weighted by molar-refractivity contribution is -0.117. The summed E-state index contributed by atoms with van der Waals surface area (Å²) in [6.45, 7) is 0.766. The molecule has 20 heavy (non-hydrogen) atoms. The van der Waals surface area contributed by atoms with Crippen LogP contribution in [0.5, 0.6) is 11.5 Å². The van der Waals surface area contributed by atoms with Crippen LogP contribution >= 0.6 is 0 Å². The Morgan fingerprint density at radius 3 is 2.25 bits per heavy atom. The van der Waals surface area contributed by atoms with E-state index in [4.69, 9.17) is 10.5 Å². The number of phenolic OH excluding ortho intramolecular Hbond substituents is 1. The van der Waals surface area contributed by atoms with Crippen molar-refractivity contribution in [1.82, 2.24) is 0 Å². The van der Waals surface area contributed by atoms with Gasteiger partial charge in [-0.05, 0) is 35.7 Å². The highest BCUT2D eigenvalue weighted by molar-refractivity contribution is 5.74. The highest BCUT2D eigenvalue weighted by atomic mass is 16.5. The summed E-state index contributed by atoms with van der Waals surface area (Å²) in [7, 11) is 0. The largest absolute Gasteiger partial charge is 0.508 e. The summed E-state index contributed by atoms with van der Waals surface area (Å²) < 4.78 is 5.18. The Bertz CT molecular complexity index is 556. The maximum Gasteiger partial charge on any atom is 0.217 e. The Hall–Kier alpha value is -2.49. The molecule has 104 valence electrons. The van der Waals surface area contributed by atoms with Gasteiger partial charge in [0.25, 0.3) is 0 Å². The zero-order valence-electron chi connectivity index (χ0n) is 11.1. The topological polar surface area (TPSA) is 72.6 Å². The third-order valence-corrected chi connectivity index (χ3v) is 2.96. The summed E-state index contributed by atoms with van der Waals surface area (Å²) in [4.78, 5) is 10.4. The summed E-state index contributed by atoms with van der Waals surface area (Å²) in [6, 6.07) is 15.1. The first-order valence-corrected chi connectivity index (χ1v) is 6.42. The van der Waals surface area contributed by atoms with Gasteiger partial charge in [0.2, 0.25) is 5.91 Å². The monoisotopic (exact) mass is 271 g/mol. The number of hydrogen-bond acceptors (Lipinski definition) is 3. The SMILES string of the molecule is NC(=O)CCc1ccccc1O.c1cc2ccc1CO2. The predicted molar refractivity (Wildman–Crippen MR) is 76.4 cm³/mol. The number of aromatic hydroxyl groups is 1. The Balaban J connectivity index is 0.000000157. The van der Waals surface area contributed by atoms with Crippen LogP contribution in [0, 0.1) is 0 Å². The lowest BCUT2D eigenvalue weighted by Crippen LogP contribution is -2.11. The van der Waals surface area contributed by atoms with Crippen molar-refractivity contribution in [1.29, 1.82) is 0 Å². The molecule has 0 aromatic heterocycles. The van der Waals surface area contributed by atoms with Crippen molar-refractivity contribution in [3.63, 3.8) is 0 Å². The Morgan fingerprint density at radius 2 is 1.85 bits per heavy atom. The van der Waals surface area contributed by atoms with E-state index < -0.39 is 0 Å². The lowest BCUT2D eigenvalue weighted by atomic mass is 10.1. The number of fused-ring (bicyclic) bond motifs is 3. The molecule has 0 radical (unpaired) electrons. The molecule has 0 saturated heterocycles. The molecule has 4 nitrogen and oxygen atoms in total. The van der Waals surface area contributed by atoms with Gasteiger partial charge >= 0.3 is 0 Å². The smallest absolute Gasteiger partial charge is 0.217 e. The molecule has 4 heteroatoms. The van der Waals surface area contributed by atoms with Crippen molar-refractivity contribution in [2.45, 2.75) is 19.4 Å². The Kier molecular flexibility index (Phi) is 4.60. The van der Waals surface area contributed by atoms with Gasteiger partial charge in [-0.2, -0.15) is 0 Å². The fourth-order valence-electron chi connectivity index (χ4n) is 1.83. The highest BCUT2D eigenvalue weighted by Gasteiger charge is 2.02. The van der Waals surface area contributed by atoms with E-state index in [1.165, 1.54) is 5.56 Å². The molecule has 0 aliphatic carbocycles. The number of rotatable bonds is 3. The van der Waals surface area contributed by atoms with Gasteiger partial charge in [0.05, 0.1) is 0 Å². The third kappa shape index (κ3) is 4.02. The van der Waals surface area contributed by atoms with Gasteiger partial charge < -0.3 is 15.6 Å². The molecule has 0 fully saturated rings. The van der Waals surface area contributed by atoms with Gasteiger partial charge in [-0.3, -0.25) is 4.79 Å². The number of aryl methyl sites for hydroxylation is 1. The molecule has 0 spiro atoms. The molecule has 2 aliphatic rings. The van der Waals surface area contributed by atoms with Crippen LogP contribution in [0.3, 0.4) is 0 Å². The molecule has 0 unspecified atom stereocenters. The van der Waals surface area contributed by atoms with Crippen LogP contribution in [0.4, 0.5) is 0 Å². The van der Waals surface area contributed by atoms with E-state index >= 15 is 0 Å². The highest BCUT2D eigenvalue weighted by Crippen LogP contribution is 2.19. The van der Waals surface area contributed by atoms with Gasteiger partial charge in [-0.15, -0.1) is 0 Å². The molecular weight excluding hydrogens is 254 g/mol. The second-order valence-corrected chi connectivity index (χ2v) is 4.53. The zero-order valence-corrected chi connectivity index (χ0v) is 11.1. The first-order valence-electron chi connectivity index (χ1n) is 6.42. The summed E-state index contributed by atoms with van der Waals surface area (Å²) in [5.74, 6) is 0.858. The van der Waals surface area contributed by atoms with Crippen molar-refractivity contribution in [2.75, 3.05) is 0 Å². The van der Waals surface area contributed by atoms with Crippen LogP contribution in [-0.4, -0.2) is 11.0 Å². The van der Waals surface area contributed by atoms with Crippen molar-refractivity contribution in [2.24, 2.45) is 5.73 Å². The zero-order chi connectivity index (χ0) is 14.4. The Labute approximate surface area is 117 Å². The number of hydrogen-bond donors (Lipinski definition) is 2. The number of benzene rings is 2. The molecule has 4 rings (SSSR count). The van der Waals surface area contributed by atoms with Crippen LogP contribution in [0.15, 0.2) is 48.5 Å². The van der Waals surface area contributed by atoms with Gasteiger partial charge in [0.1, 0.15) is 18.1 Å². The summed E-state index contributed by atoms with van der Waals surface area (Å²) in [6.07, 6.45) is 0.777. The fraction of sp³-hybridized carbons (Fsp3) is 0.188. The lowest BCUT2D eigenvalue weighted by Gasteiger charge is -2.11. The van der Waals surface area contributed by atoms with Crippen LogP contribution in [0.1, 0.15) is 17.5 Å². The standard InChI is InChI=1S/C9H11NO2.C7H6O/c10-9(12)6-5-7-3-1-2-4-8(7)11;1-3-7-4-2-6(1)5-8-7/h1-4,11H,5-6H2,(H2,10,12);1-4H,5H2. The molecule has 2 aromatic rings. The number of ether oxygens (including phenoxy) is 1. The van der Waals surface area contributed by atoms with Gasteiger partial charge in [-0.25, -0.2) is 0 Å². The number of para-hydroxylation sites is 1. The molecule has 2 heterocycles. The number of nitrogens with two attached hydrogens (primary N) is 1. The van der Waals surface area contributed by atoms with E-state index in [2.05, 4.69) is 12.1 Å². The quantitative estimate of drug-likeness (QED) is 0.900. The van der Waals surface area contributed by atoms with E-state index in [0.717, 1.165) is 17.9 Å². The average molecular weight is 271 g/mol. The van der Waals surface area contributed by atoms with E-state index in [1.54, 1.807) is 18.2 Å². The van der Waals surface area contributed by atoms with Crippen LogP contribution in [0.25, 0.3) is 0 Å². The Morgan fingerprint density at radius 1 is 1.15 bits per heavy atom. The van der Waals surface area contributed by atoms with E-state index in [9.17, 15) is 9.90 Å². The molecule has 0 atom stereocenters. The molecule has 0 saturated carbocycles. The number of primary amides is 1. The number of carbonyl (C=O) groups is 1. The maximum absolute atomic E-state index is 10.4. The van der Waals surface area contributed by atoms with E-state index in [-0.39, 0.29) is 18.1 Å². The minimum Gasteiger partial charge on any atom is -0.508 e. The normalized spacial score (nSPS) is 11.2. The molecule has 1 amide bonds. The maximum atomic E-state index is 10.4. The van der Waals surface area contributed by atoms with Crippen molar-refractivity contribution < 1.29 is 14.6 Å². The minimum absolute atomic E-state index is 0.221. The predicted octanol–water partition coefficient (Wildman–Crippen LogP) is 2.39. The summed E-state index contributed by atoms with van der Waals surface area (Å²) in [5.41, 5.74) is 6.99. The van der Waals surface area contributed by atoms with Crippen molar-refractivity contribution in [3.05, 3.63) is 59.7 Å². The average Bonchev–Trinajstić information content (AvgIpc) is 2.49. The third-order valence-electron chi connectivity index (χ3n) is 2.96. The van der Waals surface area contributed by atoms with E-state index in [0.29, 0.717) is 6.42 Å². The molecule has 2 aromatic carbocycles. The summed E-state index contributed by atoms with van der Waals surface area (Å²) in [5, 5.41) is 9.27. The first kappa shape index (κ1) is 13.9. The number of carbonyl (C=O) groups excluding carboxylic acids is 1. The fourth-order valence-corrected chi connectivity index (χ4v) is 1.83. The van der Waals surface area contributed by atoms with Gasteiger partial charge in [0, 0.05) is 6.42 Å². The molecule has 3 N–H and O–H groups in total. The second kappa shape index (κ2) is 6.61. The van der Waals surface area contributed by atoms with Crippen LogP contribution in [0.2, 0.25) is 0 Å².